The van der Waals surface area contributed by atoms with Gasteiger partial charge in [0.2, 0.25) is 0 Å². The van der Waals surface area contributed by atoms with Crippen molar-refractivity contribution in [2.45, 2.75) is 33.0 Å². The molecule has 8 heteroatoms. The van der Waals surface area contributed by atoms with Gasteiger partial charge in [-0.3, -0.25) is 4.68 Å². The van der Waals surface area contributed by atoms with Crippen molar-refractivity contribution in [3.05, 3.63) is 46.8 Å². The maximum atomic E-state index is 13.0. The lowest BCUT2D eigenvalue weighted by Gasteiger charge is -2.17. The van der Waals surface area contributed by atoms with Crippen molar-refractivity contribution in [1.29, 1.82) is 0 Å². The van der Waals surface area contributed by atoms with Gasteiger partial charge in [-0.2, -0.15) is 18.3 Å². The van der Waals surface area contributed by atoms with Crippen molar-refractivity contribution in [2.75, 3.05) is 5.32 Å². The van der Waals surface area contributed by atoms with Gasteiger partial charge in [-0.15, -0.1) is 0 Å². The first kappa shape index (κ1) is 17.8. The number of benzene rings is 1. The largest absolute Gasteiger partial charge is 0.418 e. The van der Waals surface area contributed by atoms with Crippen LogP contribution in [-0.2, 0) is 13.2 Å². The summed E-state index contributed by atoms with van der Waals surface area (Å²) in [7, 11) is 1.79. The quantitative estimate of drug-likeness (QED) is 0.889. The summed E-state index contributed by atoms with van der Waals surface area (Å²) in [5.41, 5.74) is 1.32. The number of para-hydroxylation sites is 1. The molecule has 0 aliphatic carbocycles. The summed E-state index contributed by atoms with van der Waals surface area (Å²) in [6.07, 6.45) is -4.54. The molecule has 0 unspecified atom stereocenters. The van der Waals surface area contributed by atoms with E-state index in [-0.39, 0.29) is 5.69 Å². The van der Waals surface area contributed by atoms with Gasteiger partial charge in [0.05, 0.1) is 23.0 Å². The van der Waals surface area contributed by atoms with Crippen molar-refractivity contribution < 1.29 is 18.0 Å². The first-order chi connectivity index (χ1) is 11.1. The Balaban J connectivity index is 2.15. The summed E-state index contributed by atoms with van der Waals surface area (Å²) < 4.78 is 40.6. The first-order valence-electron chi connectivity index (χ1n) is 7.35. The normalized spacial score (nSPS) is 12.8. The number of nitrogens with zero attached hydrogens (tertiary/aromatic N) is 2. The molecule has 1 aromatic carbocycles. The Bertz CT molecular complexity index is 752. The number of aryl methyl sites for hydroxylation is 2. The molecule has 0 aliphatic heterocycles. The number of hydrogen-bond acceptors (Lipinski definition) is 2. The monoisotopic (exact) mass is 340 g/mol. The highest BCUT2D eigenvalue weighted by Gasteiger charge is 2.33. The third kappa shape index (κ3) is 3.69. The lowest BCUT2D eigenvalue weighted by atomic mass is 10.1. The van der Waals surface area contributed by atoms with Crippen molar-refractivity contribution in [1.82, 2.24) is 15.1 Å². The van der Waals surface area contributed by atoms with Crippen LogP contribution in [0.1, 0.15) is 35.5 Å². The van der Waals surface area contributed by atoms with E-state index in [9.17, 15) is 18.0 Å². The Hall–Kier alpha value is -2.51. The van der Waals surface area contributed by atoms with Crippen LogP contribution in [0.4, 0.5) is 23.7 Å². The molecule has 0 radical (unpaired) electrons. The smallest absolute Gasteiger partial charge is 0.331 e. The summed E-state index contributed by atoms with van der Waals surface area (Å²) in [4.78, 5) is 12.1. The molecule has 0 spiro atoms. The van der Waals surface area contributed by atoms with Crippen LogP contribution in [0.2, 0.25) is 0 Å². The zero-order valence-electron chi connectivity index (χ0n) is 13.8. The van der Waals surface area contributed by atoms with Crippen molar-refractivity contribution in [3.8, 4) is 0 Å². The van der Waals surface area contributed by atoms with E-state index in [1.807, 2.05) is 13.8 Å². The fourth-order valence-corrected chi connectivity index (χ4v) is 2.68. The number of carbonyl (C=O) groups excluding carboxylic acids is 1. The Kier molecular flexibility index (Phi) is 4.86. The number of alkyl halides is 3. The number of urea groups is 1. The molecule has 2 N–H and O–H groups in total. The van der Waals surface area contributed by atoms with Crippen molar-refractivity contribution in [3.63, 3.8) is 0 Å². The molecular weight excluding hydrogens is 321 g/mol. The van der Waals surface area contributed by atoms with Gasteiger partial charge >= 0.3 is 12.2 Å². The second-order valence-electron chi connectivity index (χ2n) is 5.57. The summed E-state index contributed by atoms with van der Waals surface area (Å²) >= 11 is 0. The SMILES string of the molecule is Cc1nn(C)c(C)c1[C@@H](C)NC(=O)Nc1ccccc1C(F)(F)F. The molecule has 1 atom stereocenters. The van der Waals surface area contributed by atoms with Crippen molar-refractivity contribution in [2.24, 2.45) is 7.05 Å². The van der Waals surface area contributed by atoms with E-state index in [2.05, 4.69) is 15.7 Å². The number of anilines is 1. The van der Waals surface area contributed by atoms with E-state index < -0.39 is 23.8 Å². The molecule has 0 saturated carbocycles. The van der Waals surface area contributed by atoms with Gasteiger partial charge in [-0.1, -0.05) is 12.1 Å². The van der Waals surface area contributed by atoms with Crippen LogP contribution >= 0.6 is 0 Å². The van der Waals surface area contributed by atoms with Crippen LogP contribution < -0.4 is 10.6 Å². The molecule has 1 heterocycles. The van der Waals surface area contributed by atoms with E-state index in [0.29, 0.717) is 0 Å². The van der Waals surface area contributed by atoms with Gasteiger partial charge in [-0.05, 0) is 32.9 Å². The van der Waals surface area contributed by atoms with Gasteiger partial charge in [0.25, 0.3) is 0 Å². The summed E-state index contributed by atoms with van der Waals surface area (Å²) in [5.74, 6) is 0. The molecule has 2 rings (SSSR count). The van der Waals surface area contributed by atoms with E-state index in [1.165, 1.54) is 18.2 Å². The summed E-state index contributed by atoms with van der Waals surface area (Å²) in [5, 5.41) is 9.18. The molecule has 0 bridgehead atoms. The van der Waals surface area contributed by atoms with Crippen molar-refractivity contribution >= 4 is 11.7 Å². The zero-order valence-corrected chi connectivity index (χ0v) is 13.8. The zero-order chi connectivity index (χ0) is 18.1. The average molecular weight is 340 g/mol. The van der Waals surface area contributed by atoms with Gasteiger partial charge in [0.1, 0.15) is 0 Å². The van der Waals surface area contributed by atoms with Gasteiger partial charge in [0, 0.05) is 18.3 Å². The van der Waals surface area contributed by atoms with E-state index >= 15 is 0 Å². The van der Waals surface area contributed by atoms with Gasteiger partial charge < -0.3 is 10.6 Å². The van der Waals surface area contributed by atoms with Gasteiger partial charge in [0.15, 0.2) is 0 Å². The standard InChI is InChI=1S/C16H19F3N4O/c1-9(14-10(2)22-23(4)11(14)3)20-15(24)21-13-8-6-5-7-12(13)16(17,18)19/h5-9H,1-4H3,(H2,20,21,24)/t9-/m1/s1. The number of nitrogens with one attached hydrogen (secondary N) is 2. The van der Waals surface area contributed by atoms with E-state index in [0.717, 1.165) is 23.0 Å². The molecule has 1 aromatic heterocycles. The van der Waals surface area contributed by atoms with Crippen LogP contribution in [0.25, 0.3) is 0 Å². The maximum absolute atomic E-state index is 13.0. The number of carbonyl (C=O) groups is 1. The number of aromatic nitrogens is 2. The second kappa shape index (κ2) is 6.54. The van der Waals surface area contributed by atoms with Crippen LogP contribution in [-0.4, -0.2) is 15.8 Å². The molecule has 24 heavy (non-hydrogen) atoms. The predicted molar refractivity (Wildman–Crippen MR) is 84.7 cm³/mol. The number of halogens is 3. The minimum Gasteiger partial charge on any atom is -0.331 e. The molecule has 0 saturated heterocycles. The minimum absolute atomic E-state index is 0.283. The molecule has 0 fully saturated rings. The number of hydrogen-bond donors (Lipinski definition) is 2. The molecule has 0 aliphatic rings. The third-order valence-corrected chi connectivity index (χ3v) is 3.83. The Morgan fingerprint density at radius 3 is 2.42 bits per heavy atom. The van der Waals surface area contributed by atoms with Crippen LogP contribution in [0.5, 0.6) is 0 Å². The van der Waals surface area contributed by atoms with Gasteiger partial charge in [-0.25, -0.2) is 4.79 Å². The lowest BCUT2D eigenvalue weighted by molar-refractivity contribution is -0.136. The van der Waals surface area contributed by atoms with Crippen LogP contribution in [0.3, 0.4) is 0 Å². The maximum Gasteiger partial charge on any atom is 0.418 e. The molecule has 5 nitrogen and oxygen atoms in total. The average Bonchev–Trinajstić information content (AvgIpc) is 2.71. The molecular formula is C16H19F3N4O. The number of amides is 2. The minimum atomic E-state index is -4.54. The second-order valence-corrected chi connectivity index (χ2v) is 5.57. The topological polar surface area (TPSA) is 59.0 Å². The Morgan fingerprint density at radius 1 is 1.25 bits per heavy atom. The molecule has 130 valence electrons. The highest BCUT2D eigenvalue weighted by molar-refractivity contribution is 5.90. The fraction of sp³-hybridized carbons (Fsp3) is 0.375. The summed E-state index contributed by atoms with van der Waals surface area (Å²) in [6.45, 7) is 5.44. The first-order valence-corrected chi connectivity index (χ1v) is 7.35. The molecule has 2 aromatic rings. The van der Waals surface area contributed by atoms with Crippen LogP contribution in [0.15, 0.2) is 24.3 Å². The predicted octanol–water partition coefficient (Wildman–Crippen LogP) is 3.94. The van der Waals surface area contributed by atoms with E-state index in [4.69, 9.17) is 0 Å². The third-order valence-electron chi connectivity index (χ3n) is 3.83. The fourth-order valence-electron chi connectivity index (χ4n) is 2.68. The Labute approximate surface area is 137 Å². The molecule has 2 amide bonds. The lowest BCUT2D eigenvalue weighted by Crippen LogP contribution is -2.32. The van der Waals surface area contributed by atoms with Crippen LogP contribution in [0, 0.1) is 13.8 Å². The Morgan fingerprint density at radius 2 is 1.88 bits per heavy atom. The van der Waals surface area contributed by atoms with E-state index in [1.54, 1.807) is 18.7 Å². The number of rotatable bonds is 3. The highest BCUT2D eigenvalue weighted by atomic mass is 19.4. The summed E-state index contributed by atoms with van der Waals surface area (Å²) in [6, 6.07) is 3.75. The highest BCUT2D eigenvalue weighted by Crippen LogP contribution is 2.34.